The quantitative estimate of drug-likeness (QED) is 0.551. The van der Waals surface area contributed by atoms with Crippen molar-refractivity contribution < 1.29 is 28.1 Å². The van der Waals surface area contributed by atoms with Crippen molar-refractivity contribution in [3.8, 4) is 11.5 Å². The largest absolute Gasteiger partial charge is 0.486 e. The Bertz CT molecular complexity index is 1480. The number of aromatic nitrogens is 1. The van der Waals surface area contributed by atoms with Crippen LogP contribution in [0.25, 0.3) is 16.6 Å². The number of rotatable bonds is 4. The maximum atomic E-state index is 16.0. The summed E-state index contributed by atoms with van der Waals surface area (Å²) in [6, 6.07) is 3.97. The van der Waals surface area contributed by atoms with Crippen molar-refractivity contribution in [3.63, 3.8) is 0 Å². The van der Waals surface area contributed by atoms with Crippen LogP contribution in [-0.4, -0.2) is 91.2 Å². The van der Waals surface area contributed by atoms with Crippen LogP contribution in [0.2, 0.25) is 0 Å². The van der Waals surface area contributed by atoms with E-state index >= 15 is 4.39 Å². The maximum Gasteiger partial charge on any atom is 0.377 e. The van der Waals surface area contributed by atoms with Crippen molar-refractivity contribution in [1.82, 2.24) is 19.7 Å². The molecular weight excluding hydrogens is 503 g/mol. The Morgan fingerprint density at radius 3 is 2.62 bits per heavy atom. The minimum absolute atomic E-state index is 0.0174. The third-order valence-electron chi connectivity index (χ3n) is 8.28. The summed E-state index contributed by atoms with van der Waals surface area (Å²) >= 11 is 0. The van der Waals surface area contributed by atoms with Crippen LogP contribution in [0.1, 0.15) is 23.7 Å². The maximum absolute atomic E-state index is 16.0. The SMILES string of the molecule is C=C1C2=C(C=C3c4nc5cc6c(cc5c(CN5CCN(C)CC5)c4CN13)OCCO6)[C@](F)(OCC)C(=O)OC2. The summed E-state index contributed by atoms with van der Waals surface area (Å²) in [7, 11) is 2.15. The standard InChI is InChI=1S/C29H31FN4O5/c1-4-39-29(30)22-12-24-27-20(15-34(24)17(2)21(22)16-38-28(29)35)19(14-33-7-5-32(3)6-8-33)18-11-25-26(13-23(18)31-27)37-10-9-36-25/h11-13H,2,4-10,14-16H2,1,3H3/t29-/m0/s1. The minimum atomic E-state index is -2.68. The molecule has 9 nitrogen and oxygen atoms in total. The number of piperazine rings is 1. The fourth-order valence-electron chi connectivity index (χ4n) is 6.12. The molecule has 7 rings (SSSR count). The lowest BCUT2D eigenvalue weighted by Gasteiger charge is -2.37. The van der Waals surface area contributed by atoms with E-state index in [1.165, 1.54) is 5.56 Å². The van der Waals surface area contributed by atoms with Crippen LogP contribution in [0, 0.1) is 0 Å². The topological polar surface area (TPSA) is 76.6 Å². The van der Waals surface area contributed by atoms with Gasteiger partial charge in [-0.15, -0.1) is 0 Å². The predicted octanol–water partition coefficient (Wildman–Crippen LogP) is 2.99. The zero-order valence-electron chi connectivity index (χ0n) is 22.2. The van der Waals surface area contributed by atoms with Crippen LogP contribution in [0.5, 0.6) is 11.5 Å². The Morgan fingerprint density at radius 1 is 1.13 bits per heavy atom. The zero-order chi connectivity index (χ0) is 26.9. The van der Waals surface area contributed by atoms with Gasteiger partial charge >= 0.3 is 11.8 Å². The van der Waals surface area contributed by atoms with Gasteiger partial charge in [-0.2, -0.15) is 4.39 Å². The van der Waals surface area contributed by atoms with Crippen molar-refractivity contribution in [2.24, 2.45) is 0 Å². The Hall–Kier alpha value is -3.47. The fourth-order valence-corrected chi connectivity index (χ4v) is 6.12. The normalized spacial score (nSPS) is 24.9. The molecule has 2 aromatic rings. The van der Waals surface area contributed by atoms with E-state index in [4.69, 9.17) is 23.9 Å². The van der Waals surface area contributed by atoms with E-state index in [0.717, 1.165) is 60.6 Å². The molecule has 1 aromatic heterocycles. The van der Waals surface area contributed by atoms with Crippen LogP contribution in [0.15, 0.2) is 41.6 Å². The van der Waals surface area contributed by atoms with E-state index in [1.807, 2.05) is 17.0 Å². The summed E-state index contributed by atoms with van der Waals surface area (Å²) < 4.78 is 38.4. The van der Waals surface area contributed by atoms with Gasteiger partial charge in [0.25, 0.3) is 0 Å². The van der Waals surface area contributed by atoms with Crippen molar-refractivity contribution in [2.45, 2.75) is 25.9 Å². The Labute approximate surface area is 226 Å². The second-order valence-corrected chi connectivity index (χ2v) is 10.6. The Kier molecular flexibility index (Phi) is 5.69. The molecule has 0 N–H and O–H groups in total. The molecule has 0 saturated carbocycles. The predicted molar refractivity (Wildman–Crippen MR) is 142 cm³/mol. The number of carbonyl (C=O) groups excluding carboxylic acids is 1. The smallest absolute Gasteiger partial charge is 0.377 e. The number of esters is 1. The number of cyclic esters (lactones) is 1. The highest BCUT2D eigenvalue weighted by atomic mass is 19.2. The highest BCUT2D eigenvalue weighted by Crippen LogP contribution is 2.49. The van der Waals surface area contributed by atoms with Gasteiger partial charge in [0.05, 0.1) is 23.5 Å². The molecule has 6 heterocycles. The van der Waals surface area contributed by atoms with Gasteiger partial charge in [0, 0.05) is 73.2 Å². The third-order valence-corrected chi connectivity index (χ3v) is 8.28. The number of alkyl halides is 1. The molecule has 0 bridgehead atoms. The molecule has 0 unspecified atom stereocenters. The summed E-state index contributed by atoms with van der Waals surface area (Å²) in [5.74, 6) is -2.33. The van der Waals surface area contributed by atoms with Gasteiger partial charge in [-0.3, -0.25) is 4.90 Å². The lowest BCUT2D eigenvalue weighted by atomic mass is 9.91. The number of ether oxygens (including phenoxy) is 4. The molecule has 39 heavy (non-hydrogen) atoms. The van der Waals surface area contributed by atoms with Crippen molar-refractivity contribution in [3.05, 3.63) is 58.5 Å². The molecule has 0 aliphatic carbocycles. The van der Waals surface area contributed by atoms with Gasteiger partial charge < -0.3 is 28.7 Å². The van der Waals surface area contributed by atoms with E-state index in [1.54, 1.807) is 13.0 Å². The highest BCUT2D eigenvalue weighted by molar-refractivity contribution is 5.93. The lowest BCUT2D eigenvalue weighted by molar-refractivity contribution is -0.191. The second-order valence-electron chi connectivity index (χ2n) is 10.6. The van der Waals surface area contributed by atoms with Crippen molar-refractivity contribution >= 4 is 22.6 Å². The molecular formula is C29H31FN4O5. The van der Waals surface area contributed by atoms with E-state index < -0.39 is 11.8 Å². The van der Waals surface area contributed by atoms with Crippen LogP contribution < -0.4 is 9.47 Å². The van der Waals surface area contributed by atoms with Gasteiger partial charge in [-0.05, 0) is 31.7 Å². The number of benzene rings is 1. The average molecular weight is 535 g/mol. The highest BCUT2D eigenvalue weighted by Gasteiger charge is 2.52. The summed E-state index contributed by atoms with van der Waals surface area (Å²) in [5, 5.41) is 1.02. The summed E-state index contributed by atoms with van der Waals surface area (Å²) in [4.78, 5) is 24.5. The lowest BCUT2D eigenvalue weighted by Crippen LogP contribution is -2.46. The first-order valence-electron chi connectivity index (χ1n) is 13.5. The van der Waals surface area contributed by atoms with Crippen molar-refractivity contribution in [1.29, 1.82) is 0 Å². The number of hydrogen-bond donors (Lipinski definition) is 0. The Morgan fingerprint density at radius 2 is 1.87 bits per heavy atom. The van der Waals surface area contributed by atoms with E-state index in [9.17, 15) is 4.79 Å². The van der Waals surface area contributed by atoms with Crippen LogP contribution in [0.3, 0.4) is 0 Å². The number of hydrogen-bond acceptors (Lipinski definition) is 9. The van der Waals surface area contributed by atoms with E-state index in [0.29, 0.717) is 42.5 Å². The van der Waals surface area contributed by atoms with Gasteiger partial charge in [-0.25, -0.2) is 9.78 Å². The van der Waals surface area contributed by atoms with E-state index in [2.05, 4.69) is 23.4 Å². The van der Waals surface area contributed by atoms with Gasteiger partial charge in [-0.1, -0.05) is 6.58 Å². The molecule has 1 aromatic carbocycles. The molecule has 5 aliphatic rings. The van der Waals surface area contributed by atoms with Crippen molar-refractivity contribution in [2.75, 3.05) is 59.7 Å². The van der Waals surface area contributed by atoms with Crippen LogP contribution in [-0.2, 0) is 27.4 Å². The second kappa shape index (κ2) is 9.04. The fraction of sp³-hybridized carbons (Fsp3) is 0.448. The third kappa shape index (κ3) is 3.76. The number of nitrogens with zero attached hydrogens (tertiary/aromatic N) is 4. The molecule has 1 fully saturated rings. The number of likely N-dealkylation sites (N-methyl/N-ethyl adjacent to an activating group) is 1. The van der Waals surface area contributed by atoms with Gasteiger partial charge in [0.1, 0.15) is 19.8 Å². The number of carbonyl (C=O) groups is 1. The molecule has 1 saturated heterocycles. The summed E-state index contributed by atoms with van der Waals surface area (Å²) in [6.07, 6.45) is 1.70. The average Bonchev–Trinajstić information content (AvgIpc) is 3.30. The first-order chi connectivity index (χ1) is 18.9. The number of fused-ring (bicyclic) bond motifs is 5. The number of pyridine rings is 1. The van der Waals surface area contributed by atoms with Gasteiger partial charge in [0.15, 0.2) is 11.5 Å². The first kappa shape index (κ1) is 24.6. The number of halogens is 1. The minimum Gasteiger partial charge on any atom is -0.486 e. The monoisotopic (exact) mass is 534 g/mol. The molecule has 0 radical (unpaired) electrons. The molecule has 5 aliphatic heterocycles. The van der Waals surface area contributed by atoms with E-state index in [-0.39, 0.29) is 18.8 Å². The molecule has 1 atom stereocenters. The molecule has 0 amide bonds. The molecule has 0 spiro atoms. The first-order valence-corrected chi connectivity index (χ1v) is 13.5. The summed E-state index contributed by atoms with van der Waals surface area (Å²) in [5.41, 5.74) is 5.76. The summed E-state index contributed by atoms with van der Waals surface area (Å²) in [6.45, 7) is 12.1. The molecule has 10 heteroatoms. The van der Waals surface area contributed by atoms with Crippen LogP contribution >= 0.6 is 0 Å². The van der Waals surface area contributed by atoms with Crippen LogP contribution in [0.4, 0.5) is 4.39 Å². The van der Waals surface area contributed by atoms with Gasteiger partial charge in [0.2, 0.25) is 0 Å². The molecule has 204 valence electrons. The zero-order valence-corrected chi connectivity index (χ0v) is 22.2. The Balaban J connectivity index is 1.40.